The van der Waals surface area contributed by atoms with Gasteiger partial charge in [-0.15, -0.1) is 0 Å². The quantitative estimate of drug-likeness (QED) is 0.773. The minimum Gasteiger partial charge on any atom is -0.364 e. The number of H-pyrrole nitrogens is 1. The van der Waals surface area contributed by atoms with E-state index < -0.39 is 10.0 Å². The van der Waals surface area contributed by atoms with Gasteiger partial charge in [-0.1, -0.05) is 32.0 Å². The zero-order chi connectivity index (χ0) is 18.6. The van der Waals surface area contributed by atoms with Crippen LogP contribution in [-0.2, 0) is 10.0 Å². The van der Waals surface area contributed by atoms with Gasteiger partial charge in [-0.3, -0.25) is 4.90 Å². The van der Waals surface area contributed by atoms with Crippen molar-refractivity contribution in [3.05, 3.63) is 48.7 Å². The minimum atomic E-state index is -3.42. The van der Waals surface area contributed by atoms with Crippen LogP contribution < -0.4 is 14.8 Å². The SMILES string of the molecule is CCN(CC)S(=O)(=O)c1ccc(N2CCN(c3ccccc3)CC2)[nH+]c1. The molecule has 7 heteroatoms. The number of sulfonamides is 1. The molecule has 6 nitrogen and oxygen atoms in total. The van der Waals surface area contributed by atoms with E-state index >= 15 is 0 Å². The van der Waals surface area contributed by atoms with Crippen molar-refractivity contribution in [1.82, 2.24) is 4.31 Å². The fourth-order valence-electron chi connectivity index (χ4n) is 3.32. The van der Waals surface area contributed by atoms with E-state index in [1.807, 2.05) is 26.0 Å². The summed E-state index contributed by atoms with van der Waals surface area (Å²) in [7, 11) is -3.42. The number of piperazine rings is 1. The standard InChI is InChI=1S/C19H26N4O2S/c1-3-23(4-2)26(24,25)18-10-11-19(20-16-18)22-14-12-21(13-15-22)17-8-6-5-7-9-17/h5-11,16H,3-4,12-15H2,1-2H3/p+1. The summed E-state index contributed by atoms with van der Waals surface area (Å²) in [6.45, 7) is 8.33. The van der Waals surface area contributed by atoms with Crippen molar-refractivity contribution in [3.63, 3.8) is 0 Å². The van der Waals surface area contributed by atoms with Crippen molar-refractivity contribution in [2.75, 3.05) is 49.1 Å². The number of nitrogens with zero attached hydrogens (tertiary/aromatic N) is 3. The molecule has 1 aliphatic rings. The first-order valence-electron chi connectivity index (χ1n) is 9.13. The fraction of sp³-hybridized carbons (Fsp3) is 0.421. The van der Waals surface area contributed by atoms with Crippen LogP contribution in [0.3, 0.4) is 0 Å². The number of hydrogen-bond acceptors (Lipinski definition) is 4. The lowest BCUT2D eigenvalue weighted by molar-refractivity contribution is -0.367. The van der Waals surface area contributed by atoms with E-state index in [-0.39, 0.29) is 0 Å². The Bertz CT molecular complexity index is 797. The molecule has 0 atom stereocenters. The van der Waals surface area contributed by atoms with E-state index in [4.69, 9.17) is 0 Å². The molecule has 1 fully saturated rings. The van der Waals surface area contributed by atoms with E-state index in [9.17, 15) is 8.42 Å². The molecule has 0 aliphatic carbocycles. The molecule has 2 aromatic rings. The van der Waals surface area contributed by atoms with E-state index in [1.165, 1.54) is 9.99 Å². The van der Waals surface area contributed by atoms with Crippen molar-refractivity contribution in [2.45, 2.75) is 18.7 Å². The highest BCUT2D eigenvalue weighted by Gasteiger charge is 2.26. The second kappa shape index (κ2) is 8.05. The molecule has 1 saturated heterocycles. The highest BCUT2D eigenvalue weighted by atomic mass is 32.2. The molecule has 0 amide bonds. The van der Waals surface area contributed by atoms with Gasteiger partial charge >= 0.3 is 0 Å². The minimum absolute atomic E-state index is 0.313. The normalized spacial score (nSPS) is 15.5. The second-order valence-corrected chi connectivity index (χ2v) is 8.25. The van der Waals surface area contributed by atoms with Crippen LogP contribution in [0.15, 0.2) is 53.6 Å². The van der Waals surface area contributed by atoms with Gasteiger partial charge in [-0.05, 0) is 18.2 Å². The molecule has 0 saturated carbocycles. The van der Waals surface area contributed by atoms with Crippen molar-refractivity contribution in [1.29, 1.82) is 0 Å². The van der Waals surface area contributed by atoms with Crippen LogP contribution in [0.1, 0.15) is 13.8 Å². The summed E-state index contributed by atoms with van der Waals surface area (Å²) >= 11 is 0. The molecule has 1 N–H and O–H groups in total. The molecule has 1 aromatic heterocycles. The van der Waals surface area contributed by atoms with E-state index in [0.29, 0.717) is 18.0 Å². The van der Waals surface area contributed by atoms with Gasteiger partial charge in [0, 0.05) is 24.8 Å². The van der Waals surface area contributed by atoms with Gasteiger partial charge in [0.1, 0.15) is 24.2 Å². The van der Waals surface area contributed by atoms with Gasteiger partial charge in [0.2, 0.25) is 10.0 Å². The van der Waals surface area contributed by atoms with Gasteiger partial charge in [-0.25, -0.2) is 13.4 Å². The number of aromatic nitrogens is 1. The number of nitrogens with one attached hydrogen (secondary N) is 1. The fourth-order valence-corrected chi connectivity index (χ4v) is 4.74. The molecule has 0 spiro atoms. The Labute approximate surface area is 156 Å². The molecule has 26 heavy (non-hydrogen) atoms. The smallest absolute Gasteiger partial charge is 0.274 e. The predicted octanol–water partition coefficient (Wildman–Crippen LogP) is 1.86. The summed E-state index contributed by atoms with van der Waals surface area (Å²) in [5.74, 6) is 0.955. The maximum atomic E-state index is 12.6. The number of aromatic amines is 1. The molecular formula is C19H27N4O2S+. The summed E-state index contributed by atoms with van der Waals surface area (Å²) in [5, 5.41) is 0. The van der Waals surface area contributed by atoms with E-state index in [2.05, 4.69) is 39.0 Å². The lowest BCUT2D eigenvalue weighted by Gasteiger charge is -2.32. The predicted molar refractivity (Wildman–Crippen MR) is 104 cm³/mol. The van der Waals surface area contributed by atoms with Crippen molar-refractivity contribution in [2.24, 2.45) is 0 Å². The lowest BCUT2D eigenvalue weighted by atomic mass is 10.2. The summed E-state index contributed by atoms with van der Waals surface area (Å²) in [6, 6.07) is 14.0. The molecule has 0 bridgehead atoms. The number of pyridine rings is 1. The Hall–Kier alpha value is -2.12. The van der Waals surface area contributed by atoms with Crippen LogP contribution in [-0.4, -0.2) is 52.0 Å². The first-order chi connectivity index (χ1) is 12.6. The molecule has 1 aromatic carbocycles. The zero-order valence-corrected chi connectivity index (χ0v) is 16.2. The largest absolute Gasteiger partial charge is 0.364 e. The van der Waals surface area contributed by atoms with Crippen LogP contribution in [0.4, 0.5) is 11.5 Å². The highest BCUT2D eigenvalue weighted by molar-refractivity contribution is 7.89. The molecule has 140 valence electrons. The van der Waals surface area contributed by atoms with Gasteiger partial charge in [0.05, 0.1) is 13.1 Å². The Morgan fingerprint density at radius 2 is 1.54 bits per heavy atom. The van der Waals surface area contributed by atoms with Crippen LogP contribution >= 0.6 is 0 Å². The maximum absolute atomic E-state index is 12.6. The number of hydrogen-bond donors (Lipinski definition) is 0. The zero-order valence-electron chi connectivity index (χ0n) is 15.4. The van der Waals surface area contributed by atoms with Crippen LogP contribution in [0, 0.1) is 0 Å². The lowest BCUT2D eigenvalue weighted by Crippen LogP contribution is -2.48. The Balaban J connectivity index is 1.67. The molecule has 1 aliphatic heterocycles. The highest BCUT2D eigenvalue weighted by Crippen LogP contribution is 2.19. The van der Waals surface area contributed by atoms with Crippen LogP contribution in [0.5, 0.6) is 0 Å². The Morgan fingerprint density at radius 3 is 2.08 bits per heavy atom. The average Bonchev–Trinajstić information content (AvgIpc) is 2.70. The van der Waals surface area contributed by atoms with Crippen molar-refractivity contribution in [3.8, 4) is 0 Å². The van der Waals surface area contributed by atoms with E-state index in [1.54, 1.807) is 12.3 Å². The van der Waals surface area contributed by atoms with Gasteiger partial charge in [0.25, 0.3) is 5.82 Å². The summed E-state index contributed by atoms with van der Waals surface area (Å²) < 4.78 is 26.6. The van der Waals surface area contributed by atoms with Crippen molar-refractivity contribution < 1.29 is 13.4 Å². The summed E-state index contributed by atoms with van der Waals surface area (Å²) in [4.78, 5) is 8.11. The van der Waals surface area contributed by atoms with Crippen molar-refractivity contribution >= 4 is 21.5 Å². The first-order valence-corrected chi connectivity index (χ1v) is 10.6. The molecular weight excluding hydrogens is 348 g/mol. The molecule has 3 rings (SSSR count). The number of para-hydroxylation sites is 1. The third-order valence-corrected chi connectivity index (χ3v) is 6.90. The number of rotatable bonds is 6. The van der Waals surface area contributed by atoms with Gasteiger partial charge < -0.3 is 4.90 Å². The van der Waals surface area contributed by atoms with E-state index in [0.717, 1.165) is 32.0 Å². The molecule has 2 heterocycles. The monoisotopic (exact) mass is 375 g/mol. The van der Waals surface area contributed by atoms with Crippen LogP contribution in [0.2, 0.25) is 0 Å². The summed E-state index contributed by atoms with van der Waals surface area (Å²) in [6.07, 6.45) is 1.60. The van der Waals surface area contributed by atoms with Gasteiger partial charge in [0.15, 0.2) is 0 Å². The molecule has 0 radical (unpaired) electrons. The number of benzene rings is 1. The topological polar surface area (TPSA) is 58.0 Å². The Morgan fingerprint density at radius 1 is 0.923 bits per heavy atom. The average molecular weight is 376 g/mol. The maximum Gasteiger partial charge on any atom is 0.274 e. The Kier molecular flexibility index (Phi) is 5.78. The second-order valence-electron chi connectivity index (χ2n) is 6.31. The summed E-state index contributed by atoms with van der Waals surface area (Å²) in [5.41, 5.74) is 1.25. The third-order valence-electron chi connectivity index (χ3n) is 4.85. The molecule has 0 unspecified atom stereocenters. The van der Waals surface area contributed by atoms with Gasteiger partial charge in [-0.2, -0.15) is 4.31 Å². The third kappa shape index (κ3) is 3.83. The first kappa shape index (κ1) is 18.7. The number of anilines is 2. The van der Waals surface area contributed by atoms with Crippen LogP contribution in [0.25, 0.3) is 0 Å².